The van der Waals surface area contributed by atoms with Gasteiger partial charge in [0, 0.05) is 26.4 Å². The van der Waals surface area contributed by atoms with E-state index in [2.05, 4.69) is 38.2 Å². The predicted molar refractivity (Wildman–Crippen MR) is 98.0 cm³/mol. The van der Waals surface area contributed by atoms with Crippen LogP contribution in [0.25, 0.3) is 0 Å². The Hall–Kier alpha value is -1.88. The number of nitrogens with one attached hydrogen (secondary N) is 1. The molecule has 1 fully saturated rings. The number of rotatable bonds is 5. The lowest BCUT2D eigenvalue weighted by Gasteiger charge is -2.43. The molecule has 0 aromatic heterocycles. The lowest BCUT2D eigenvalue weighted by Crippen LogP contribution is -2.51. The van der Waals surface area contributed by atoms with Gasteiger partial charge in [0.15, 0.2) is 0 Å². The normalized spacial score (nSPS) is 21.0. The maximum absolute atomic E-state index is 12.6. The molecule has 1 aliphatic rings. The fraction of sp³-hybridized carbons (Fsp3) is 0.600. The molecule has 5 nitrogen and oxygen atoms in total. The fourth-order valence-corrected chi connectivity index (χ4v) is 2.95. The van der Waals surface area contributed by atoms with Crippen LogP contribution in [0, 0.1) is 5.41 Å². The number of carbonyl (C=O) groups excluding carboxylic acids is 2. The van der Waals surface area contributed by atoms with Crippen molar-refractivity contribution >= 4 is 11.8 Å². The Labute approximate surface area is 150 Å². The SMILES string of the molecule is CC(=O)NCCCC(=O)N1C[C@@H](c2ccccc2)O[C@@H](C(C)(C)C)C1. The molecule has 2 rings (SSSR count). The Balaban J connectivity index is 2.03. The van der Waals surface area contributed by atoms with Crippen LogP contribution in [0.4, 0.5) is 0 Å². The molecular formula is C20H30N2O3. The van der Waals surface area contributed by atoms with Gasteiger partial charge in [-0.2, -0.15) is 0 Å². The summed E-state index contributed by atoms with van der Waals surface area (Å²) in [6, 6.07) is 10.1. The molecule has 25 heavy (non-hydrogen) atoms. The number of carbonyl (C=O) groups is 2. The fourth-order valence-electron chi connectivity index (χ4n) is 2.95. The number of hydrogen-bond acceptors (Lipinski definition) is 3. The predicted octanol–water partition coefficient (Wildman–Crippen LogP) is 2.92. The highest BCUT2D eigenvalue weighted by Gasteiger charge is 2.37. The van der Waals surface area contributed by atoms with Crippen molar-refractivity contribution in [3.05, 3.63) is 35.9 Å². The van der Waals surface area contributed by atoms with E-state index in [0.717, 1.165) is 5.56 Å². The van der Waals surface area contributed by atoms with Crippen LogP contribution < -0.4 is 5.32 Å². The van der Waals surface area contributed by atoms with Crippen molar-refractivity contribution in [3.8, 4) is 0 Å². The molecule has 0 spiro atoms. The third-order valence-corrected chi connectivity index (χ3v) is 4.53. The highest BCUT2D eigenvalue weighted by atomic mass is 16.5. The van der Waals surface area contributed by atoms with Crippen molar-refractivity contribution < 1.29 is 14.3 Å². The van der Waals surface area contributed by atoms with Gasteiger partial charge in [-0.15, -0.1) is 0 Å². The van der Waals surface area contributed by atoms with Crippen LogP contribution in [0.5, 0.6) is 0 Å². The summed E-state index contributed by atoms with van der Waals surface area (Å²) in [4.78, 5) is 25.5. The number of hydrogen-bond donors (Lipinski definition) is 1. The lowest BCUT2D eigenvalue weighted by molar-refractivity contribution is -0.157. The Bertz CT molecular complexity index is 580. The number of amides is 2. The van der Waals surface area contributed by atoms with E-state index in [1.165, 1.54) is 6.92 Å². The van der Waals surface area contributed by atoms with Crippen LogP contribution in [-0.2, 0) is 14.3 Å². The summed E-state index contributed by atoms with van der Waals surface area (Å²) in [6.07, 6.45) is 0.995. The molecule has 2 atom stereocenters. The van der Waals surface area contributed by atoms with E-state index in [1.807, 2.05) is 23.1 Å². The zero-order chi connectivity index (χ0) is 18.4. The van der Waals surface area contributed by atoms with Crippen molar-refractivity contribution in [2.75, 3.05) is 19.6 Å². The van der Waals surface area contributed by atoms with E-state index >= 15 is 0 Å². The second kappa shape index (κ2) is 8.48. The molecule has 0 bridgehead atoms. The van der Waals surface area contributed by atoms with Gasteiger partial charge in [0.25, 0.3) is 0 Å². The highest BCUT2D eigenvalue weighted by Crippen LogP contribution is 2.33. The third kappa shape index (κ3) is 5.85. The molecule has 0 unspecified atom stereocenters. The molecule has 1 aromatic carbocycles. The lowest BCUT2D eigenvalue weighted by atomic mass is 9.87. The maximum atomic E-state index is 12.6. The van der Waals surface area contributed by atoms with Crippen LogP contribution in [0.15, 0.2) is 30.3 Å². The van der Waals surface area contributed by atoms with Gasteiger partial charge in [-0.05, 0) is 17.4 Å². The van der Waals surface area contributed by atoms with Crippen LogP contribution in [-0.4, -0.2) is 42.5 Å². The average molecular weight is 346 g/mol. The van der Waals surface area contributed by atoms with E-state index in [9.17, 15) is 9.59 Å². The van der Waals surface area contributed by atoms with Crippen molar-refractivity contribution in [2.24, 2.45) is 5.41 Å². The molecular weight excluding hydrogens is 316 g/mol. The molecule has 0 saturated carbocycles. The molecule has 1 heterocycles. The van der Waals surface area contributed by atoms with E-state index in [-0.39, 0.29) is 29.4 Å². The minimum atomic E-state index is -0.0986. The zero-order valence-electron chi connectivity index (χ0n) is 15.7. The second-order valence-corrected chi connectivity index (χ2v) is 7.78. The first-order valence-electron chi connectivity index (χ1n) is 9.00. The zero-order valence-corrected chi connectivity index (χ0v) is 15.7. The first-order chi connectivity index (χ1) is 11.8. The smallest absolute Gasteiger partial charge is 0.222 e. The Morgan fingerprint density at radius 1 is 1.20 bits per heavy atom. The Morgan fingerprint density at radius 3 is 2.48 bits per heavy atom. The third-order valence-electron chi connectivity index (χ3n) is 4.53. The molecule has 1 aromatic rings. The van der Waals surface area contributed by atoms with Gasteiger partial charge < -0.3 is 15.0 Å². The number of benzene rings is 1. The van der Waals surface area contributed by atoms with Crippen molar-refractivity contribution in [1.82, 2.24) is 10.2 Å². The van der Waals surface area contributed by atoms with Gasteiger partial charge in [0.05, 0.1) is 12.6 Å². The van der Waals surface area contributed by atoms with Gasteiger partial charge in [0.1, 0.15) is 6.10 Å². The van der Waals surface area contributed by atoms with E-state index in [1.54, 1.807) is 0 Å². The molecule has 1 saturated heterocycles. The average Bonchev–Trinajstić information content (AvgIpc) is 2.58. The summed E-state index contributed by atoms with van der Waals surface area (Å²) in [5.41, 5.74) is 1.06. The van der Waals surface area contributed by atoms with Gasteiger partial charge in [-0.1, -0.05) is 51.1 Å². The summed E-state index contributed by atoms with van der Waals surface area (Å²) >= 11 is 0. The number of ether oxygens (including phenoxy) is 1. The quantitative estimate of drug-likeness (QED) is 0.834. The molecule has 2 amide bonds. The van der Waals surface area contributed by atoms with Crippen LogP contribution >= 0.6 is 0 Å². The van der Waals surface area contributed by atoms with E-state index in [4.69, 9.17) is 4.74 Å². The summed E-state index contributed by atoms with van der Waals surface area (Å²) in [5.74, 6) is 0.0691. The van der Waals surface area contributed by atoms with E-state index < -0.39 is 0 Å². The van der Waals surface area contributed by atoms with Gasteiger partial charge >= 0.3 is 0 Å². The standard InChI is InChI=1S/C20H30N2O3/c1-15(23)21-12-8-11-19(24)22-13-17(16-9-6-5-7-10-16)25-18(14-22)20(2,3)4/h5-7,9-10,17-18H,8,11-14H2,1-4H3,(H,21,23)/t17-,18+/m0/s1. The van der Waals surface area contributed by atoms with Gasteiger partial charge in [-0.25, -0.2) is 0 Å². The van der Waals surface area contributed by atoms with Crippen molar-refractivity contribution in [2.45, 2.75) is 52.7 Å². The van der Waals surface area contributed by atoms with Crippen LogP contribution in [0.1, 0.15) is 52.2 Å². The largest absolute Gasteiger partial charge is 0.366 e. The van der Waals surface area contributed by atoms with Crippen molar-refractivity contribution in [3.63, 3.8) is 0 Å². The summed E-state index contributed by atoms with van der Waals surface area (Å²) in [7, 11) is 0. The molecule has 0 aliphatic carbocycles. The van der Waals surface area contributed by atoms with E-state index in [0.29, 0.717) is 32.5 Å². The first kappa shape index (κ1) is 19.4. The minimum Gasteiger partial charge on any atom is -0.366 e. The molecule has 1 aliphatic heterocycles. The minimum absolute atomic E-state index is 0.00856. The number of nitrogens with zero attached hydrogens (tertiary/aromatic N) is 1. The monoisotopic (exact) mass is 346 g/mol. The van der Waals surface area contributed by atoms with Crippen molar-refractivity contribution in [1.29, 1.82) is 0 Å². The Kier molecular flexibility index (Phi) is 6.59. The summed E-state index contributed by atoms with van der Waals surface area (Å²) < 4.78 is 6.32. The summed E-state index contributed by atoms with van der Waals surface area (Å²) in [6.45, 7) is 9.65. The molecule has 138 valence electrons. The maximum Gasteiger partial charge on any atom is 0.222 e. The van der Waals surface area contributed by atoms with Gasteiger partial charge in [0.2, 0.25) is 11.8 Å². The number of morpholine rings is 1. The van der Waals surface area contributed by atoms with Crippen LogP contribution in [0.3, 0.4) is 0 Å². The molecule has 1 N–H and O–H groups in total. The highest BCUT2D eigenvalue weighted by molar-refractivity contribution is 5.76. The van der Waals surface area contributed by atoms with Crippen LogP contribution in [0.2, 0.25) is 0 Å². The van der Waals surface area contributed by atoms with Gasteiger partial charge in [-0.3, -0.25) is 9.59 Å². The first-order valence-corrected chi connectivity index (χ1v) is 9.00. The Morgan fingerprint density at radius 2 is 1.88 bits per heavy atom. The summed E-state index contributed by atoms with van der Waals surface area (Å²) in [5, 5.41) is 2.74. The second-order valence-electron chi connectivity index (χ2n) is 7.78. The molecule has 0 radical (unpaired) electrons. The topological polar surface area (TPSA) is 58.6 Å². The molecule has 5 heteroatoms.